The molecule has 4 rings (SSSR count). The Morgan fingerprint density at radius 3 is 2.55 bits per heavy atom. The summed E-state index contributed by atoms with van der Waals surface area (Å²) >= 11 is 0. The Morgan fingerprint density at radius 2 is 1.79 bits per heavy atom. The second-order valence-electron chi connectivity index (χ2n) is 7.65. The highest BCUT2D eigenvalue weighted by Crippen LogP contribution is 2.34. The number of methoxy groups -OCH3 is 1. The molecular weight excluding hydrogens is 416 g/mol. The van der Waals surface area contributed by atoms with Gasteiger partial charge >= 0.3 is 6.09 Å². The molecule has 2 amide bonds. The van der Waals surface area contributed by atoms with Crippen LogP contribution < -0.4 is 10.6 Å². The lowest BCUT2D eigenvalue weighted by atomic mass is 9.84. The van der Waals surface area contributed by atoms with Crippen molar-refractivity contribution < 1.29 is 14.3 Å². The number of carbonyl (C=O) groups excluding carboxylic acids is 2. The van der Waals surface area contributed by atoms with Gasteiger partial charge in [-0.3, -0.25) is 4.79 Å². The molecule has 0 aliphatic rings. The number of anilines is 1. The van der Waals surface area contributed by atoms with Crippen molar-refractivity contribution in [3.05, 3.63) is 95.8 Å². The van der Waals surface area contributed by atoms with Crippen LogP contribution in [0.2, 0.25) is 0 Å². The van der Waals surface area contributed by atoms with Gasteiger partial charge in [-0.2, -0.15) is 0 Å². The number of benzene rings is 2. The molecule has 7 nitrogen and oxygen atoms in total. The Kier molecular flexibility index (Phi) is 6.69. The van der Waals surface area contributed by atoms with E-state index in [0.29, 0.717) is 11.3 Å². The minimum atomic E-state index is -0.941. The molecule has 0 radical (unpaired) electrons. The number of ether oxygens (including phenoxy) is 1. The normalized spacial score (nSPS) is 12.7. The first-order valence-corrected chi connectivity index (χ1v) is 10.8. The number of aromatic amines is 1. The van der Waals surface area contributed by atoms with Gasteiger partial charge in [-0.05, 0) is 41.3 Å². The van der Waals surface area contributed by atoms with Crippen LogP contribution in [0.5, 0.6) is 0 Å². The molecule has 2 aromatic carbocycles. The maximum atomic E-state index is 13.7. The molecule has 2 atom stereocenters. The lowest BCUT2D eigenvalue weighted by Crippen LogP contribution is -2.48. The van der Waals surface area contributed by atoms with Crippen molar-refractivity contribution >= 4 is 28.7 Å². The summed E-state index contributed by atoms with van der Waals surface area (Å²) in [5.74, 6) is -0.828. The van der Waals surface area contributed by atoms with Gasteiger partial charge in [-0.1, -0.05) is 55.5 Å². The molecule has 0 spiro atoms. The number of pyridine rings is 1. The van der Waals surface area contributed by atoms with Crippen LogP contribution in [0.4, 0.5) is 10.5 Å². The molecule has 0 saturated heterocycles. The number of hydrogen-bond acceptors (Lipinski definition) is 4. The molecule has 2 heterocycles. The number of aromatic nitrogens is 2. The molecule has 1 unspecified atom stereocenters. The molecule has 2 aromatic heterocycles. The quantitative estimate of drug-likeness (QED) is 0.389. The Labute approximate surface area is 192 Å². The van der Waals surface area contributed by atoms with Gasteiger partial charge in [0.2, 0.25) is 5.91 Å². The molecule has 7 heteroatoms. The number of H-pyrrole nitrogens is 1. The summed E-state index contributed by atoms with van der Waals surface area (Å²) in [7, 11) is 1.28. The molecule has 0 bridgehead atoms. The lowest BCUT2D eigenvalue weighted by molar-refractivity contribution is -0.118. The Hall–Kier alpha value is -4.13. The van der Waals surface area contributed by atoms with Crippen LogP contribution in [0, 0.1) is 0 Å². The van der Waals surface area contributed by atoms with Crippen LogP contribution in [0.25, 0.3) is 11.0 Å². The number of hydrogen-bond donors (Lipinski definition) is 3. The van der Waals surface area contributed by atoms with E-state index in [2.05, 4.69) is 20.6 Å². The number of fused-ring (bicyclic) bond motifs is 1. The second kappa shape index (κ2) is 9.99. The SMILES string of the molecule is CCc1ccccc1NC(=O)[C@@H](NC(=O)OC)C(c1ccccc1)c1c[nH]c2ncccc12. The third-order valence-electron chi connectivity index (χ3n) is 5.71. The summed E-state index contributed by atoms with van der Waals surface area (Å²) in [5, 5.41) is 6.66. The molecule has 0 saturated carbocycles. The number of amides is 2. The summed E-state index contributed by atoms with van der Waals surface area (Å²) < 4.78 is 4.87. The minimum absolute atomic E-state index is 0.339. The van der Waals surface area contributed by atoms with Gasteiger partial charge in [0.15, 0.2) is 0 Å². The van der Waals surface area contributed by atoms with E-state index >= 15 is 0 Å². The molecule has 0 aliphatic heterocycles. The second-order valence-corrected chi connectivity index (χ2v) is 7.65. The van der Waals surface area contributed by atoms with E-state index in [1.54, 1.807) is 6.20 Å². The van der Waals surface area contributed by atoms with Gasteiger partial charge in [0.1, 0.15) is 11.7 Å². The number of aryl methyl sites for hydroxylation is 1. The minimum Gasteiger partial charge on any atom is -0.453 e. The van der Waals surface area contributed by atoms with Gasteiger partial charge in [0, 0.05) is 29.4 Å². The van der Waals surface area contributed by atoms with Crippen LogP contribution in [0.15, 0.2) is 79.1 Å². The summed E-state index contributed by atoms with van der Waals surface area (Å²) in [5.41, 5.74) is 4.17. The highest BCUT2D eigenvalue weighted by atomic mass is 16.5. The van der Waals surface area contributed by atoms with Crippen LogP contribution >= 0.6 is 0 Å². The third-order valence-corrected chi connectivity index (χ3v) is 5.71. The van der Waals surface area contributed by atoms with Crippen molar-refractivity contribution in [3.8, 4) is 0 Å². The summed E-state index contributed by atoms with van der Waals surface area (Å²) in [6.45, 7) is 2.03. The van der Waals surface area contributed by atoms with Crippen molar-refractivity contribution in [1.29, 1.82) is 0 Å². The zero-order chi connectivity index (χ0) is 23.2. The number of carbonyl (C=O) groups is 2. The Balaban J connectivity index is 1.82. The molecule has 33 heavy (non-hydrogen) atoms. The predicted molar refractivity (Wildman–Crippen MR) is 128 cm³/mol. The van der Waals surface area contributed by atoms with Gasteiger partial charge in [0.05, 0.1) is 7.11 Å². The van der Waals surface area contributed by atoms with Gasteiger partial charge in [0.25, 0.3) is 0 Å². The monoisotopic (exact) mass is 442 g/mol. The number of para-hydroxylation sites is 1. The van der Waals surface area contributed by atoms with Gasteiger partial charge in [-0.25, -0.2) is 9.78 Å². The van der Waals surface area contributed by atoms with Crippen LogP contribution in [0.1, 0.15) is 29.5 Å². The first kappa shape index (κ1) is 22.1. The molecule has 3 N–H and O–H groups in total. The fourth-order valence-corrected chi connectivity index (χ4v) is 4.09. The van der Waals surface area contributed by atoms with Crippen LogP contribution in [-0.2, 0) is 16.0 Å². The maximum absolute atomic E-state index is 13.7. The van der Waals surface area contributed by atoms with E-state index in [1.165, 1.54) is 7.11 Å². The van der Waals surface area contributed by atoms with Gasteiger partial charge in [-0.15, -0.1) is 0 Å². The lowest BCUT2D eigenvalue weighted by Gasteiger charge is -2.27. The van der Waals surface area contributed by atoms with E-state index in [-0.39, 0.29) is 5.91 Å². The average Bonchev–Trinajstić information content (AvgIpc) is 3.28. The number of alkyl carbamates (subject to hydrolysis) is 1. The maximum Gasteiger partial charge on any atom is 0.407 e. The zero-order valence-electron chi connectivity index (χ0n) is 18.5. The highest BCUT2D eigenvalue weighted by molar-refractivity contribution is 5.99. The standard InChI is InChI=1S/C26H26N4O3/c1-3-17-10-7-8-14-21(17)29-25(31)23(30-26(32)33-2)22(18-11-5-4-6-12-18)20-16-28-24-19(20)13-9-15-27-24/h4-16,22-23H,3H2,1-2H3,(H,27,28)(H,29,31)(H,30,32)/t22?,23-/m0/s1. The van der Waals surface area contributed by atoms with Crippen molar-refractivity contribution in [2.24, 2.45) is 0 Å². The van der Waals surface area contributed by atoms with E-state index in [9.17, 15) is 9.59 Å². The largest absolute Gasteiger partial charge is 0.453 e. The van der Waals surface area contributed by atoms with E-state index in [0.717, 1.165) is 28.5 Å². The fraction of sp³-hybridized carbons (Fsp3) is 0.192. The molecular formula is C26H26N4O3. The topological polar surface area (TPSA) is 96.1 Å². The first-order chi connectivity index (χ1) is 16.1. The Bertz CT molecular complexity index is 1250. The van der Waals surface area contributed by atoms with Crippen LogP contribution in [0.3, 0.4) is 0 Å². The molecule has 0 fully saturated rings. The van der Waals surface area contributed by atoms with E-state index in [1.807, 2.05) is 79.9 Å². The smallest absolute Gasteiger partial charge is 0.407 e. The van der Waals surface area contributed by atoms with Gasteiger partial charge < -0.3 is 20.4 Å². The third kappa shape index (κ3) is 4.72. The van der Waals surface area contributed by atoms with Crippen LogP contribution in [-0.4, -0.2) is 35.1 Å². The summed E-state index contributed by atoms with van der Waals surface area (Å²) in [4.78, 5) is 33.6. The van der Waals surface area contributed by atoms with Crippen molar-refractivity contribution in [2.75, 3.05) is 12.4 Å². The molecule has 168 valence electrons. The first-order valence-electron chi connectivity index (χ1n) is 10.8. The predicted octanol–water partition coefficient (Wildman–Crippen LogP) is 4.62. The highest BCUT2D eigenvalue weighted by Gasteiger charge is 2.34. The summed E-state index contributed by atoms with van der Waals surface area (Å²) in [6.07, 6.45) is 3.63. The zero-order valence-corrected chi connectivity index (χ0v) is 18.5. The fourth-order valence-electron chi connectivity index (χ4n) is 4.09. The average molecular weight is 443 g/mol. The Morgan fingerprint density at radius 1 is 1.03 bits per heavy atom. The molecule has 4 aromatic rings. The number of nitrogens with zero attached hydrogens (tertiary/aromatic N) is 1. The van der Waals surface area contributed by atoms with Crippen molar-refractivity contribution in [1.82, 2.24) is 15.3 Å². The van der Waals surface area contributed by atoms with Crippen molar-refractivity contribution in [3.63, 3.8) is 0 Å². The molecule has 0 aliphatic carbocycles. The number of rotatable bonds is 7. The summed E-state index contributed by atoms with van der Waals surface area (Å²) in [6, 6.07) is 20.1. The van der Waals surface area contributed by atoms with Crippen molar-refractivity contribution in [2.45, 2.75) is 25.3 Å². The van der Waals surface area contributed by atoms with E-state index < -0.39 is 18.1 Å². The van der Waals surface area contributed by atoms with E-state index in [4.69, 9.17) is 4.74 Å². The number of nitrogens with one attached hydrogen (secondary N) is 3.